The van der Waals surface area contributed by atoms with Crippen molar-refractivity contribution in [2.45, 2.75) is 12.3 Å². The SMILES string of the molecule is Fc1c(Cl)cccc1CC(CCl)c1ccccc1Br. The van der Waals surface area contributed by atoms with Gasteiger partial charge in [0.25, 0.3) is 0 Å². The second kappa shape index (κ2) is 6.74. The van der Waals surface area contributed by atoms with Crippen molar-refractivity contribution in [1.82, 2.24) is 0 Å². The van der Waals surface area contributed by atoms with E-state index in [1.165, 1.54) is 0 Å². The number of rotatable bonds is 4. The van der Waals surface area contributed by atoms with E-state index in [1.807, 2.05) is 24.3 Å². The third kappa shape index (κ3) is 3.50. The molecular weight excluding hydrogens is 350 g/mol. The summed E-state index contributed by atoms with van der Waals surface area (Å²) in [5.74, 6) is 0.116. The fraction of sp³-hybridized carbons (Fsp3) is 0.200. The van der Waals surface area contributed by atoms with Crippen molar-refractivity contribution in [1.29, 1.82) is 0 Å². The summed E-state index contributed by atoms with van der Waals surface area (Å²) in [6.07, 6.45) is 0.526. The molecule has 2 rings (SSSR count). The van der Waals surface area contributed by atoms with Gasteiger partial charge in [0, 0.05) is 16.3 Å². The molecule has 0 radical (unpaired) electrons. The number of halogens is 4. The van der Waals surface area contributed by atoms with Crippen LogP contribution in [-0.4, -0.2) is 5.88 Å². The predicted octanol–water partition coefficient (Wildman–Crippen LogP) is 5.81. The van der Waals surface area contributed by atoms with Crippen LogP contribution in [0.4, 0.5) is 4.39 Å². The lowest BCUT2D eigenvalue weighted by Gasteiger charge is -2.16. The summed E-state index contributed by atoms with van der Waals surface area (Å²) in [5.41, 5.74) is 1.67. The summed E-state index contributed by atoms with van der Waals surface area (Å²) in [4.78, 5) is 0. The molecule has 0 amide bonds. The average Bonchev–Trinajstić information content (AvgIpc) is 2.41. The molecule has 0 spiro atoms. The van der Waals surface area contributed by atoms with Crippen molar-refractivity contribution in [2.24, 2.45) is 0 Å². The molecule has 1 atom stereocenters. The molecule has 0 fully saturated rings. The van der Waals surface area contributed by atoms with Crippen LogP contribution in [0.1, 0.15) is 17.0 Å². The van der Waals surface area contributed by atoms with Gasteiger partial charge in [0.15, 0.2) is 0 Å². The van der Waals surface area contributed by atoms with Crippen LogP contribution in [0.15, 0.2) is 46.9 Å². The molecule has 19 heavy (non-hydrogen) atoms. The van der Waals surface area contributed by atoms with E-state index >= 15 is 0 Å². The van der Waals surface area contributed by atoms with Crippen molar-refractivity contribution in [3.05, 3.63) is 68.9 Å². The standard InChI is InChI=1S/C15H12BrCl2F/c16-13-6-2-1-5-12(13)11(9-17)8-10-4-3-7-14(18)15(10)19/h1-7,11H,8-9H2. The highest BCUT2D eigenvalue weighted by atomic mass is 79.9. The summed E-state index contributed by atoms with van der Waals surface area (Å²) in [7, 11) is 0. The quantitative estimate of drug-likeness (QED) is 0.603. The minimum Gasteiger partial charge on any atom is -0.205 e. The van der Waals surface area contributed by atoms with E-state index in [0.29, 0.717) is 17.9 Å². The first-order valence-electron chi connectivity index (χ1n) is 5.86. The van der Waals surface area contributed by atoms with Gasteiger partial charge in [-0.1, -0.05) is 57.9 Å². The molecule has 0 aromatic heterocycles. The first-order chi connectivity index (χ1) is 9.13. The lowest BCUT2D eigenvalue weighted by Crippen LogP contribution is -2.07. The molecular formula is C15H12BrCl2F. The molecule has 0 N–H and O–H groups in total. The maximum absolute atomic E-state index is 13.9. The molecule has 0 bridgehead atoms. The van der Waals surface area contributed by atoms with Gasteiger partial charge < -0.3 is 0 Å². The van der Waals surface area contributed by atoms with Crippen LogP contribution >= 0.6 is 39.1 Å². The van der Waals surface area contributed by atoms with Gasteiger partial charge in [0.2, 0.25) is 0 Å². The fourth-order valence-electron chi connectivity index (χ4n) is 2.03. The highest BCUT2D eigenvalue weighted by Gasteiger charge is 2.17. The normalized spacial score (nSPS) is 12.4. The van der Waals surface area contributed by atoms with Gasteiger partial charge in [-0.3, -0.25) is 0 Å². The summed E-state index contributed by atoms with van der Waals surface area (Å²) < 4.78 is 14.9. The Bertz CT molecular complexity index is 572. The van der Waals surface area contributed by atoms with Gasteiger partial charge in [0.1, 0.15) is 5.82 Å². The summed E-state index contributed by atoms with van der Waals surface area (Å²) in [5, 5.41) is 0.151. The van der Waals surface area contributed by atoms with E-state index in [2.05, 4.69) is 15.9 Å². The smallest absolute Gasteiger partial charge is 0.144 e. The maximum atomic E-state index is 13.9. The Morgan fingerprint density at radius 1 is 1.11 bits per heavy atom. The highest BCUT2D eigenvalue weighted by molar-refractivity contribution is 9.10. The Morgan fingerprint density at radius 2 is 1.84 bits per heavy atom. The molecule has 2 aromatic carbocycles. The number of hydrogen-bond acceptors (Lipinski definition) is 0. The summed E-state index contributed by atoms with van der Waals surface area (Å²) in [6, 6.07) is 12.9. The van der Waals surface area contributed by atoms with Crippen molar-refractivity contribution in [3.63, 3.8) is 0 Å². The predicted molar refractivity (Wildman–Crippen MR) is 82.7 cm³/mol. The lowest BCUT2D eigenvalue weighted by atomic mass is 9.93. The summed E-state index contributed by atoms with van der Waals surface area (Å²) >= 11 is 15.3. The van der Waals surface area contributed by atoms with Crippen LogP contribution in [0.25, 0.3) is 0 Å². The third-order valence-corrected chi connectivity index (χ3v) is 4.42. The molecule has 0 nitrogen and oxygen atoms in total. The van der Waals surface area contributed by atoms with Gasteiger partial charge >= 0.3 is 0 Å². The van der Waals surface area contributed by atoms with E-state index in [4.69, 9.17) is 23.2 Å². The zero-order chi connectivity index (χ0) is 13.8. The lowest BCUT2D eigenvalue weighted by molar-refractivity contribution is 0.598. The molecule has 0 aliphatic carbocycles. The average molecular weight is 362 g/mol. The van der Waals surface area contributed by atoms with Gasteiger partial charge in [-0.15, -0.1) is 11.6 Å². The molecule has 0 saturated heterocycles. The fourth-order valence-corrected chi connectivity index (χ4v) is 3.10. The van der Waals surface area contributed by atoms with Crippen molar-refractivity contribution in [2.75, 3.05) is 5.88 Å². The second-order valence-corrected chi connectivity index (χ2v) is 5.86. The second-order valence-electron chi connectivity index (χ2n) is 4.29. The molecule has 1 unspecified atom stereocenters. The van der Waals surface area contributed by atoms with Gasteiger partial charge in [-0.05, 0) is 29.7 Å². The topological polar surface area (TPSA) is 0 Å². The zero-order valence-corrected chi connectivity index (χ0v) is 13.1. The Morgan fingerprint density at radius 3 is 2.53 bits per heavy atom. The largest absolute Gasteiger partial charge is 0.205 e. The monoisotopic (exact) mass is 360 g/mol. The number of hydrogen-bond donors (Lipinski definition) is 0. The molecule has 0 aliphatic heterocycles. The first-order valence-corrected chi connectivity index (χ1v) is 7.57. The molecule has 2 aromatic rings. The van der Waals surface area contributed by atoms with Gasteiger partial charge in [-0.25, -0.2) is 4.39 Å². The Balaban J connectivity index is 2.30. The van der Waals surface area contributed by atoms with E-state index < -0.39 is 0 Å². The van der Waals surface area contributed by atoms with Gasteiger partial charge in [0.05, 0.1) is 5.02 Å². The Kier molecular flexibility index (Phi) is 5.26. The molecule has 100 valence electrons. The van der Waals surface area contributed by atoms with E-state index in [1.54, 1.807) is 18.2 Å². The molecule has 0 heterocycles. The van der Waals surface area contributed by atoms with E-state index in [9.17, 15) is 4.39 Å². The van der Waals surface area contributed by atoms with Crippen LogP contribution in [0.3, 0.4) is 0 Å². The van der Waals surface area contributed by atoms with Crippen molar-refractivity contribution in [3.8, 4) is 0 Å². The molecule has 4 heteroatoms. The Labute approximate surface area is 130 Å². The highest BCUT2D eigenvalue weighted by Crippen LogP contribution is 2.30. The number of alkyl halides is 1. The Hall–Kier alpha value is -0.570. The first kappa shape index (κ1) is 14.8. The van der Waals surface area contributed by atoms with Crippen LogP contribution in [0.5, 0.6) is 0 Å². The van der Waals surface area contributed by atoms with Crippen LogP contribution < -0.4 is 0 Å². The zero-order valence-electron chi connectivity index (χ0n) is 10.0. The summed E-state index contributed by atoms with van der Waals surface area (Å²) in [6.45, 7) is 0. The number of benzene rings is 2. The van der Waals surface area contributed by atoms with Crippen LogP contribution in [0.2, 0.25) is 5.02 Å². The molecule has 0 aliphatic rings. The van der Waals surface area contributed by atoms with E-state index in [0.717, 1.165) is 10.0 Å². The minimum atomic E-state index is -0.355. The third-order valence-electron chi connectivity index (χ3n) is 3.03. The van der Waals surface area contributed by atoms with Crippen molar-refractivity contribution >= 4 is 39.1 Å². The molecule has 0 saturated carbocycles. The van der Waals surface area contributed by atoms with Crippen LogP contribution in [-0.2, 0) is 6.42 Å². The van der Waals surface area contributed by atoms with E-state index in [-0.39, 0.29) is 16.8 Å². The van der Waals surface area contributed by atoms with Gasteiger partial charge in [-0.2, -0.15) is 0 Å². The van der Waals surface area contributed by atoms with Crippen LogP contribution in [0, 0.1) is 5.82 Å². The maximum Gasteiger partial charge on any atom is 0.144 e. The minimum absolute atomic E-state index is 0.0465. The van der Waals surface area contributed by atoms with Crippen molar-refractivity contribution < 1.29 is 4.39 Å².